The van der Waals surface area contributed by atoms with Gasteiger partial charge in [-0.1, -0.05) is 12.6 Å². The van der Waals surface area contributed by atoms with Gasteiger partial charge >= 0.3 is 0 Å². The zero-order valence-electron chi connectivity index (χ0n) is 17.2. The third kappa shape index (κ3) is 4.72. The Balaban J connectivity index is 1.55. The first-order valence-electron chi connectivity index (χ1n) is 10.0. The highest BCUT2D eigenvalue weighted by Crippen LogP contribution is 2.24. The molecular formula is C21H22N8O3. The molecule has 0 spiro atoms. The average molecular weight is 434 g/mol. The van der Waals surface area contributed by atoms with Crippen molar-refractivity contribution in [1.82, 2.24) is 25.1 Å². The van der Waals surface area contributed by atoms with Crippen molar-refractivity contribution >= 4 is 29.3 Å². The van der Waals surface area contributed by atoms with Crippen LogP contribution in [0.4, 0.5) is 17.5 Å². The van der Waals surface area contributed by atoms with Crippen LogP contribution in [-0.4, -0.2) is 56.0 Å². The summed E-state index contributed by atoms with van der Waals surface area (Å²) >= 11 is 0. The lowest BCUT2D eigenvalue weighted by molar-refractivity contribution is -0.127. The van der Waals surface area contributed by atoms with Crippen LogP contribution in [0.25, 0.3) is 11.5 Å². The molecule has 1 atom stereocenters. The van der Waals surface area contributed by atoms with Crippen LogP contribution in [0, 0.1) is 0 Å². The van der Waals surface area contributed by atoms with Crippen LogP contribution in [-0.2, 0) is 4.79 Å². The van der Waals surface area contributed by atoms with Crippen LogP contribution in [0.15, 0.2) is 53.8 Å². The first-order valence-corrected chi connectivity index (χ1v) is 10.0. The maximum absolute atomic E-state index is 11.9. The predicted octanol–water partition coefficient (Wildman–Crippen LogP) is 1.96. The van der Waals surface area contributed by atoms with Gasteiger partial charge < -0.3 is 25.7 Å². The summed E-state index contributed by atoms with van der Waals surface area (Å²) in [6.45, 7) is 4.71. The molecule has 2 amide bonds. The van der Waals surface area contributed by atoms with E-state index in [4.69, 9.17) is 10.2 Å². The van der Waals surface area contributed by atoms with E-state index in [0.717, 1.165) is 18.4 Å². The molecule has 32 heavy (non-hydrogen) atoms. The van der Waals surface area contributed by atoms with Gasteiger partial charge in [0.2, 0.25) is 17.7 Å². The number of hydrogen-bond donors (Lipinski definition) is 3. The van der Waals surface area contributed by atoms with Crippen LogP contribution in [0.2, 0.25) is 0 Å². The lowest BCUT2D eigenvalue weighted by atomic mass is 10.1. The number of anilines is 3. The topological polar surface area (TPSA) is 152 Å². The number of hydrogen-bond acceptors (Lipinski definition) is 9. The molecule has 1 saturated heterocycles. The molecule has 3 aromatic rings. The first kappa shape index (κ1) is 21.0. The second-order valence-electron chi connectivity index (χ2n) is 7.21. The molecule has 1 fully saturated rings. The molecule has 11 heteroatoms. The highest BCUT2D eigenvalue weighted by Gasteiger charge is 2.24. The molecule has 1 aromatic carbocycles. The standard InChI is InChI=1S/C21H22N8O3/c1-2-16(30)29-9-4-7-15(12-29)25-21-26-19(17(18(22)31)27-28-21)24-14-6-3-5-13(11-14)20-23-8-10-32-20/h2-3,5-6,8,10-11,15H,1,4,7,9,12H2,(H2,22,31)(H2,24,25,26,28). The van der Waals surface area contributed by atoms with Gasteiger partial charge in [0, 0.05) is 30.4 Å². The number of benzene rings is 1. The fraction of sp³-hybridized carbons (Fsp3) is 0.238. The summed E-state index contributed by atoms with van der Waals surface area (Å²) in [6.07, 6.45) is 6.02. The van der Waals surface area contributed by atoms with E-state index in [0.29, 0.717) is 24.7 Å². The van der Waals surface area contributed by atoms with E-state index in [2.05, 4.69) is 37.4 Å². The molecule has 2 aromatic heterocycles. The Kier molecular flexibility index (Phi) is 6.06. The number of likely N-dealkylation sites (tertiary alicyclic amines) is 1. The fourth-order valence-corrected chi connectivity index (χ4v) is 3.48. The zero-order chi connectivity index (χ0) is 22.5. The Labute approximate surface area is 183 Å². The maximum Gasteiger partial charge on any atom is 0.273 e. The highest BCUT2D eigenvalue weighted by atomic mass is 16.3. The minimum absolute atomic E-state index is 0.0601. The van der Waals surface area contributed by atoms with Crippen LogP contribution in [0.5, 0.6) is 0 Å². The predicted molar refractivity (Wildman–Crippen MR) is 117 cm³/mol. The van der Waals surface area contributed by atoms with Crippen molar-refractivity contribution in [3.63, 3.8) is 0 Å². The minimum atomic E-state index is -0.761. The number of oxazole rings is 1. The number of piperidine rings is 1. The third-order valence-electron chi connectivity index (χ3n) is 4.97. The Morgan fingerprint density at radius 2 is 2.19 bits per heavy atom. The number of nitrogens with zero attached hydrogens (tertiary/aromatic N) is 5. The first-order chi connectivity index (χ1) is 15.5. The minimum Gasteiger partial charge on any atom is -0.445 e. The van der Waals surface area contributed by atoms with E-state index in [-0.39, 0.29) is 29.4 Å². The van der Waals surface area contributed by atoms with Gasteiger partial charge in [0.1, 0.15) is 6.26 Å². The number of nitrogens with one attached hydrogen (secondary N) is 2. The van der Waals surface area contributed by atoms with Gasteiger partial charge in [-0.15, -0.1) is 10.2 Å². The summed E-state index contributed by atoms with van der Waals surface area (Å²) in [5.74, 6) is -0.0345. The number of primary amides is 1. The molecule has 0 saturated carbocycles. The molecule has 11 nitrogen and oxygen atoms in total. The van der Waals surface area contributed by atoms with Crippen molar-refractivity contribution in [2.75, 3.05) is 23.7 Å². The number of amides is 2. The van der Waals surface area contributed by atoms with Crippen LogP contribution < -0.4 is 16.4 Å². The third-order valence-corrected chi connectivity index (χ3v) is 4.97. The van der Waals surface area contributed by atoms with Crippen molar-refractivity contribution in [3.8, 4) is 11.5 Å². The number of carbonyl (C=O) groups is 2. The summed E-state index contributed by atoms with van der Waals surface area (Å²) in [5, 5.41) is 14.2. The number of aromatic nitrogens is 4. The van der Waals surface area contributed by atoms with Gasteiger partial charge in [-0.05, 0) is 37.1 Å². The van der Waals surface area contributed by atoms with Gasteiger partial charge in [-0.2, -0.15) is 4.98 Å². The molecule has 1 aliphatic heterocycles. The number of carbonyl (C=O) groups excluding carboxylic acids is 2. The zero-order valence-corrected chi connectivity index (χ0v) is 17.2. The van der Waals surface area contributed by atoms with Crippen LogP contribution in [0.3, 0.4) is 0 Å². The summed E-state index contributed by atoms with van der Waals surface area (Å²) in [7, 11) is 0. The maximum atomic E-state index is 11.9. The van der Waals surface area contributed by atoms with Gasteiger partial charge in [0.05, 0.1) is 6.20 Å². The van der Waals surface area contributed by atoms with Crippen LogP contribution >= 0.6 is 0 Å². The fourth-order valence-electron chi connectivity index (χ4n) is 3.48. The average Bonchev–Trinajstić information content (AvgIpc) is 3.34. The molecule has 1 unspecified atom stereocenters. The molecule has 0 radical (unpaired) electrons. The second kappa shape index (κ2) is 9.25. The van der Waals surface area contributed by atoms with Crippen LogP contribution in [0.1, 0.15) is 23.3 Å². The Morgan fingerprint density at radius 3 is 2.94 bits per heavy atom. The van der Waals surface area contributed by atoms with Gasteiger partial charge in [-0.3, -0.25) is 9.59 Å². The molecule has 0 bridgehead atoms. The normalized spacial score (nSPS) is 15.8. The van der Waals surface area contributed by atoms with E-state index < -0.39 is 5.91 Å². The van der Waals surface area contributed by atoms with Crippen molar-refractivity contribution in [2.24, 2.45) is 5.73 Å². The molecule has 3 heterocycles. The molecule has 4 N–H and O–H groups in total. The summed E-state index contributed by atoms with van der Waals surface area (Å²) < 4.78 is 5.33. The summed E-state index contributed by atoms with van der Waals surface area (Å²) in [5.41, 5.74) is 6.74. The Bertz CT molecular complexity index is 1130. The van der Waals surface area contributed by atoms with E-state index >= 15 is 0 Å². The van der Waals surface area contributed by atoms with Crippen molar-refractivity contribution < 1.29 is 14.0 Å². The molecule has 1 aliphatic rings. The highest BCUT2D eigenvalue weighted by molar-refractivity contribution is 5.96. The van der Waals surface area contributed by atoms with Gasteiger partial charge in [0.25, 0.3) is 5.91 Å². The van der Waals surface area contributed by atoms with Crippen molar-refractivity contribution in [1.29, 1.82) is 0 Å². The van der Waals surface area contributed by atoms with E-state index in [1.807, 2.05) is 12.1 Å². The Hall–Kier alpha value is -4.28. The summed E-state index contributed by atoms with van der Waals surface area (Å²) in [4.78, 5) is 34.0. The van der Waals surface area contributed by atoms with Gasteiger partial charge in [-0.25, -0.2) is 4.98 Å². The van der Waals surface area contributed by atoms with Crippen molar-refractivity contribution in [2.45, 2.75) is 18.9 Å². The lowest BCUT2D eigenvalue weighted by Crippen LogP contribution is -2.44. The summed E-state index contributed by atoms with van der Waals surface area (Å²) in [6, 6.07) is 7.19. The lowest BCUT2D eigenvalue weighted by Gasteiger charge is -2.32. The van der Waals surface area contributed by atoms with Crippen molar-refractivity contribution in [3.05, 3.63) is 55.1 Å². The van der Waals surface area contributed by atoms with E-state index in [9.17, 15) is 9.59 Å². The SMILES string of the molecule is C=CC(=O)N1CCCC(Nc2nnc(C(N)=O)c(Nc3cccc(-c4ncco4)c3)n2)C1. The molecule has 164 valence electrons. The number of rotatable bonds is 7. The monoisotopic (exact) mass is 434 g/mol. The van der Waals surface area contributed by atoms with E-state index in [1.54, 1.807) is 23.2 Å². The Morgan fingerprint density at radius 1 is 1.31 bits per heavy atom. The molecular weight excluding hydrogens is 412 g/mol. The largest absolute Gasteiger partial charge is 0.445 e. The quantitative estimate of drug-likeness (QED) is 0.474. The molecule has 0 aliphatic carbocycles. The second-order valence-corrected chi connectivity index (χ2v) is 7.21. The smallest absolute Gasteiger partial charge is 0.273 e. The van der Waals surface area contributed by atoms with Gasteiger partial charge in [0.15, 0.2) is 11.5 Å². The van der Waals surface area contributed by atoms with E-state index in [1.165, 1.54) is 12.3 Å². The number of nitrogens with two attached hydrogens (primary N) is 1. The molecule has 4 rings (SSSR count).